The summed E-state index contributed by atoms with van der Waals surface area (Å²) in [5.41, 5.74) is 0.791. The molecule has 5 heteroatoms. The average molecular weight is 302 g/mol. The molecule has 1 aliphatic heterocycles. The zero-order chi connectivity index (χ0) is 14.0. The van der Waals surface area contributed by atoms with Gasteiger partial charge in [-0.2, -0.15) is 4.31 Å². The third-order valence-electron chi connectivity index (χ3n) is 3.64. The van der Waals surface area contributed by atoms with Crippen molar-refractivity contribution in [1.82, 2.24) is 4.31 Å². The topological polar surface area (TPSA) is 37.4 Å². The van der Waals surface area contributed by atoms with E-state index in [4.69, 9.17) is 11.6 Å². The van der Waals surface area contributed by atoms with Crippen molar-refractivity contribution >= 4 is 21.6 Å². The van der Waals surface area contributed by atoms with Crippen LogP contribution in [0.25, 0.3) is 0 Å². The molecule has 0 N–H and O–H groups in total. The van der Waals surface area contributed by atoms with E-state index in [0.717, 1.165) is 18.4 Å². The Bertz CT molecular complexity index is 525. The number of hydrogen-bond acceptors (Lipinski definition) is 2. The second-order valence-electron chi connectivity index (χ2n) is 5.45. The first-order valence-electron chi connectivity index (χ1n) is 6.64. The van der Waals surface area contributed by atoms with Crippen LogP contribution in [0, 0.1) is 5.92 Å². The molecule has 0 spiro atoms. The Morgan fingerprint density at radius 1 is 1.32 bits per heavy atom. The van der Waals surface area contributed by atoms with Crippen LogP contribution in [0.4, 0.5) is 0 Å². The average Bonchev–Trinajstić information content (AvgIpc) is 2.82. The Balaban J connectivity index is 2.16. The predicted octanol–water partition coefficient (Wildman–Crippen LogP) is 3.29. The standard InChI is InChI=1S/C14H20ClNO2S/c1-11(2)14-4-3-9-16(14)19(17,18)10-12-5-7-13(15)8-6-12/h5-8,11,14H,3-4,9-10H2,1-2H3. The first kappa shape index (κ1) is 14.8. The highest BCUT2D eigenvalue weighted by Gasteiger charge is 2.35. The SMILES string of the molecule is CC(C)C1CCCN1S(=O)(=O)Cc1ccc(Cl)cc1. The number of rotatable bonds is 4. The summed E-state index contributed by atoms with van der Waals surface area (Å²) in [4.78, 5) is 0. The molecule has 1 unspecified atom stereocenters. The number of halogens is 1. The van der Waals surface area contributed by atoms with E-state index in [1.165, 1.54) is 0 Å². The van der Waals surface area contributed by atoms with Crippen molar-refractivity contribution in [1.29, 1.82) is 0 Å². The molecule has 1 atom stereocenters. The number of sulfonamides is 1. The van der Waals surface area contributed by atoms with E-state index in [-0.39, 0.29) is 11.8 Å². The van der Waals surface area contributed by atoms with Crippen LogP contribution in [0.3, 0.4) is 0 Å². The molecule has 0 aromatic heterocycles. The fraction of sp³-hybridized carbons (Fsp3) is 0.571. The van der Waals surface area contributed by atoms with E-state index < -0.39 is 10.0 Å². The van der Waals surface area contributed by atoms with Crippen LogP contribution in [0.5, 0.6) is 0 Å². The highest BCUT2D eigenvalue weighted by Crippen LogP contribution is 2.28. The van der Waals surface area contributed by atoms with Crippen LogP contribution >= 0.6 is 11.6 Å². The summed E-state index contributed by atoms with van der Waals surface area (Å²) in [5, 5.41) is 0.627. The smallest absolute Gasteiger partial charge is 0.212 e. The third kappa shape index (κ3) is 3.50. The lowest BCUT2D eigenvalue weighted by Crippen LogP contribution is -2.39. The Morgan fingerprint density at radius 2 is 1.95 bits per heavy atom. The van der Waals surface area contributed by atoms with E-state index in [1.54, 1.807) is 28.6 Å². The summed E-state index contributed by atoms with van der Waals surface area (Å²) in [6.45, 7) is 4.82. The molecular weight excluding hydrogens is 282 g/mol. The minimum absolute atomic E-state index is 0.0629. The summed E-state index contributed by atoms with van der Waals surface area (Å²) < 4.78 is 26.7. The third-order valence-corrected chi connectivity index (χ3v) is 5.76. The first-order chi connectivity index (χ1) is 8.90. The van der Waals surface area contributed by atoms with E-state index in [9.17, 15) is 8.42 Å². The van der Waals surface area contributed by atoms with Crippen LogP contribution in [0.15, 0.2) is 24.3 Å². The number of nitrogens with zero attached hydrogens (tertiary/aromatic N) is 1. The molecule has 0 aliphatic carbocycles. The van der Waals surface area contributed by atoms with Crippen LogP contribution in [0.2, 0.25) is 5.02 Å². The van der Waals surface area contributed by atoms with Gasteiger partial charge in [0.15, 0.2) is 0 Å². The van der Waals surface area contributed by atoms with Gasteiger partial charge in [-0.1, -0.05) is 37.6 Å². The van der Waals surface area contributed by atoms with Crippen molar-refractivity contribution in [2.45, 2.75) is 38.5 Å². The first-order valence-corrected chi connectivity index (χ1v) is 8.63. The minimum Gasteiger partial charge on any atom is -0.212 e. The molecule has 1 fully saturated rings. The van der Waals surface area contributed by atoms with Crippen molar-refractivity contribution in [3.8, 4) is 0 Å². The maximum Gasteiger partial charge on any atom is 0.218 e. The molecule has 1 heterocycles. The van der Waals surface area contributed by atoms with E-state index in [0.29, 0.717) is 17.5 Å². The summed E-state index contributed by atoms with van der Waals surface area (Å²) >= 11 is 5.81. The van der Waals surface area contributed by atoms with Crippen molar-refractivity contribution in [3.05, 3.63) is 34.9 Å². The van der Waals surface area contributed by atoms with Gasteiger partial charge in [-0.25, -0.2) is 8.42 Å². The maximum atomic E-state index is 12.5. The summed E-state index contributed by atoms with van der Waals surface area (Å²) in [7, 11) is -3.23. The molecule has 0 radical (unpaired) electrons. The molecule has 2 rings (SSSR count). The van der Waals surface area contributed by atoms with Gasteiger partial charge in [-0.15, -0.1) is 0 Å². The molecule has 106 valence electrons. The van der Waals surface area contributed by atoms with Crippen molar-refractivity contribution in [2.24, 2.45) is 5.92 Å². The van der Waals surface area contributed by atoms with Crippen molar-refractivity contribution in [3.63, 3.8) is 0 Å². The van der Waals surface area contributed by atoms with Crippen LogP contribution < -0.4 is 0 Å². The largest absolute Gasteiger partial charge is 0.218 e. The van der Waals surface area contributed by atoms with Crippen LogP contribution in [-0.2, 0) is 15.8 Å². The van der Waals surface area contributed by atoms with Gasteiger partial charge < -0.3 is 0 Å². The molecule has 1 aromatic carbocycles. The van der Waals surface area contributed by atoms with Crippen molar-refractivity contribution in [2.75, 3.05) is 6.54 Å². The van der Waals surface area contributed by atoms with Gasteiger partial charge in [0.25, 0.3) is 0 Å². The predicted molar refractivity (Wildman–Crippen MR) is 78.6 cm³/mol. The van der Waals surface area contributed by atoms with E-state index in [1.807, 2.05) is 0 Å². The Morgan fingerprint density at radius 3 is 2.53 bits per heavy atom. The van der Waals surface area contributed by atoms with Gasteiger partial charge in [-0.3, -0.25) is 0 Å². The lowest BCUT2D eigenvalue weighted by molar-refractivity contribution is 0.315. The molecule has 1 saturated heterocycles. The molecule has 1 aliphatic rings. The van der Waals surface area contributed by atoms with Crippen LogP contribution in [0.1, 0.15) is 32.3 Å². The molecule has 0 bridgehead atoms. The van der Waals surface area contributed by atoms with Gasteiger partial charge in [0, 0.05) is 17.6 Å². The Hall–Kier alpha value is -0.580. The van der Waals surface area contributed by atoms with Gasteiger partial charge in [0.05, 0.1) is 5.75 Å². The summed E-state index contributed by atoms with van der Waals surface area (Å²) in [6.07, 6.45) is 1.93. The lowest BCUT2D eigenvalue weighted by Gasteiger charge is -2.26. The fourth-order valence-corrected chi connectivity index (χ4v) is 4.73. The number of benzene rings is 1. The zero-order valence-electron chi connectivity index (χ0n) is 11.3. The lowest BCUT2D eigenvalue weighted by atomic mass is 10.0. The van der Waals surface area contributed by atoms with Gasteiger partial charge in [-0.05, 0) is 36.5 Å². The van der Waals surface area contributed by atoms with Gasteiger partial charge in [0.1, 0.15) is 0 Å². The second-order valence-corrected chi connectivity index (χ2v) is 7.80. The normalized spacial score (nSPS) is 21.2. The van der Waals surface area contributed by atoms with E-state index >= 15 is 0 Å². The molecule has 19 heavy (non-hydrogen) atoms. The molecule has 0 amide bonds. The summed E-state index contributed by atoms with van der Waals surface area (Å²) in [5.74, 6) is 0.426. The molecule has 0 saturated carbocycles. The summed E-state index contributed by atoms with van der Waals surface area (Å²) in [6, 6.07) is 7.17. The monoisotopic (exact) mass is 301 g/mol. The van der Waals surface area contributed by atoms with Gasteiger partial charge >= 0.3 is 0 Å². The fourth-order valence-electron chi connectivity index (χ4n) is 2.65. The molecule has 3 nitrogen and oxygen atoms in total. The highest BCUT2D eigenvalue weighted by molar-refractivity contribution is 7.88. The number of hydrogen-bond donors (Lipinski definition) is 0. The molecular formula is C14H20ClNO2S. The van der Waals surface area contributed by atoms with Crippen LogP contribution in [-0.4, -0.2) is 25.3 Å². The van der Waals surface area contributed by atoms with E-state index in [2.05, 4.69) is 13.8 Å². The van der Waals surface area contributed by atoms with Crippen molar-refractivity contribution < 1.29 is 8.42 Å². The quantitative estimate of drug-likeness (QED) is 0.856. The maximum absolute atomic E-state index is 12.5. The minimum atomic E-state index is -3.23. The second kappa shape index (κ2) is 5.81. The zero-order valence-corrected chi connectivity index (χ0v) is 12.9. The Kier molecular flexibility index (Phi) is 4.54. The molecule has 1 aromatic rings. The Labute approximate surface area is 120 Å². The highest BCUT2D eigenvalue weighted by atomic mass is 35.5. The van der Waals surface area contributed by atoms with Gasteiger partial charge in [0.2, 0.25) is 10.0 Å².